The molecule has 3 amide bonds. The van der Waals surface area contributed by atoms with E-state index in [-0.39, 0.29) is 17.7 Å². The van der Waals surface area contributed by atoms with Gasteiger partial charge in [0.2, 0.25) is 5.91 Å². The molecule has 1 saturated carbocycles. The minimum atomic E-state index is -0.407. The lowest BCUT2D eigenvalue weighted by atomic mass is 9.96. The molecule has 0 unspecified atom stereocenters. The van der Waals surface area contributed by atoms with Gasteiger partial charge in [0.05, 0.1) is 17.6 Å². The molecule has 4 N–H and O–H groups in total. The number of anilines is 1. The Morgan fingerprint density at radius 1 is 1.33 bits per heavy atom. The molecular formula is C14H20N4O2S. The van der Waals surface area contributed by atoms with Crippen molar-refractivity contribution in [3.63, 3.8) is 0 Å². The third kappa shape index (κ3) is 5.26. The van der Waals surface area contributed by atoms with Crippen molar-refractivity contribution in [3.05, 3.63) is 18.5 Å². The quantitative estimate of drug-likeness (QED) is 0.738. The van der Waals surface area contributed by atoms with Crippen molar-refractivity contribution in [3.8, 4) is 0 Å². The molecule has 1 aliphatic carbocycles. The predicted octanol–water partition coefficient (Wildman–Crippen LogP) is 1.91. The normalized spacial score (nSPS) is 15.4. The highest BCUT2D eigenvalue weighted by Crippen LogP contribution is 2.23. The van der Waals surface area contributed by atoms with Crippen LogP contribution in [0.5, 0.6) is 0 Å². The number of aromatic nitrogens is 1. The first-order valence-electron chi connectivity index (χ1n) is 7.08. The number of nitrogens with two attached hydrogens (primary N) is 1. The van der Waals surface area contributed by atoms with Crippen LogP contribution in [0.3, 0.4) is 0 Å². The third-order valence-corrected chi connectivity index (χ3v) is 4.45. The number of nitrogen functional groups attached to an aromatic ring is 1. The van der Waals surface area contributed by atoms with E-state index in [1.54, 1.807) is 12.3 Å². The highest BCUT2D eigenvalue weighted by molar-refractivity contribution is 8.00. The molecule has 1 aromatic rings. The zero-order valence-electron chi connectivity index (χ0n) is 11.8. The van der Waals surface area contributed by atoms with E-state index in [1.807, 2.05) is 0 Å². The summed E-state index contributed by atoms with van der Waals surface area (Å²) in [6.07, 6.45) is 8.63. The molecule has 0 saturated heterocycles. The number of hydrogen-bond donors (Lipinski definition) is 3. The molecule has 2 rings (SSSR count). The van der Waals surface area contributed by atoms with Gasteiger partial charge in [0.15, 0.2) is 0 Å². The number of nitrogens with one attached hydrogen (secondary N) is 2. The molecule has 0 aliphatic heterocycles. The number of thioether (sulfide) groups is 1. The Morgan fingerprint density at radius 2 is 2.10 bits per heavy atom. The van der Waals surface area contributed by atoms with Gasteiger partial charge in [-0.25, -0.2) is 4.79 Å². The summed E-state index contributed by atoms with van der Waals surface area (Å²) >= 11 is 1.29. The summed E-state index contributed by atoms with van der Waals surface area (Å²) in [7, 11) is 0. The number of rotatable bonds is 4. The molecule has 0 radical (unpaired) electrons. The second-order valence-corrected chi connectivity index (χ2v) is 6.08. The van der Waals surface area contributed by atoms with Crippen LogP contribution in [0, 0.1) is 0 Å². The molecule has 0 atom stereocenters. The van der Waals surface area contributed by atoms with Crippen molar-refractivity contribution in [1.82, 2.24) is 15.6 Å². The second-order valence-electron chi connectivity index (χ2n) is 5.06. The molecular weight excluding hydrogens is 288 g/mol. The largest absolute Gasteiger partial charge is 0.397 e. The van der Waals surface area contributed by atoms with Gasteiger partial charge in [0.1, 0.15) is 0 Å². The Hall–Kier alpha value is -1.76. The SMILES string of the molecule is Nc1cnccc1SCC(=O)NC(=O)NC1CCCCC1. The fourth-order valence-electron chi connectivity index (χ4n) is 2.30. The first kappa shape index (κ1) is 15.6. The van der Waals surface area contributed by atoms with Gasteiger partial charge in [0, 0.05) is 17.1 Å². The molecule has 0 aromatic carbocycles. The van der Waals surface area contributed by atoms with Crippen LogP contribution in [0.1, 0.15) is 32.1 Å². The van der Waals surface area contributed by atoms with Crippen LogP contribution >= 0.6 is 11.8 Å². The Kier molecular flexibility index (Phi) is 5.86. The van der Waals surface area contributed by atoms with E-state index in [2.05, 4.69) is 15.6 Å². The maximum Gasteiger partial charge on any atom is 0.321 e. The van der Waals surface area contributed by atoms with E-state index < -0.39 is 6.03 Å². The number of pyridine rings is 1. The summed E-state index contributed by atoms with van der Waals surface area (Å²) in [6, 6.07) is 1.53. The first-order valence-corrected chi connectivity index (χ1v) is 8.06. The number of imide groups is 1. The Bertz CT molecular complexity index is 504. The molecule has 21 heavy (non-hydrogen) atoms. The van der Waals surface area contributed by atoms with Crippen LogP contribution in [0.4, 0.5) is 10.5 Å². The molecule has 1 heterocycles. The topological polar surface area (TPSA) is 97.1 Å². The van der Waals surface area contributed by atoms with E-state index in [1.165, 1.54) is 24.4 Å². The Balaban J connectivity index is 1.71. The summed E-state index contributed by atoms with van der Waals surface area (Å²) in [5, 5.41) is 5.20. The smallest absolute Gasteiger partial charge is 0.321 e. The van der Waals surface area contributed by atoms with Gasteiger partial charge < -0.3 is 11.1 Å². The van der Waals surface area contributed by atoms with Gasteiger partial charge in [-0.1, -0.05) is 19.3 Å². The zero-order valence-corrected chi connectivity index (χ0v) is 12.6. The van der Waals surface area contributed by atoms with Crippen molar-refractivity contribution in [1.29, 1.82) is 0 Å². The van der Waals surface area contributed by atoms with Crippen molar-refractivity contribution >= 4 is 29.4 Å². The Morgan fingerprint density at radius 3 is 2.81 bits per heavy atom. The van der Waals surface area contributed by atoms with Crippen LogP contribution < -0.4 is 16.4 Å². The average Bonchev–Trinajstić information content (AvgIpc) is 2.47. The van der Waals surface area contributed by atoms with Gasteiger partial charge in [0.25, 0.3) is 0 Å². The maximum atomic E-state index is 11.7. The number of carbonyl (C=O) groups excluding carboxylic acids is 2. The number of hydrogen-bond acceptors (Lipinski definition) is 5. The van der Waals surface area contributed by atoms with Crippen molar-refractivity contribution in [2.45, 2.75) is 43.0 Å². The van der Waals surface area contributed by atoms with E-state index in [4.69, 9.17) is 5.73 Å². The minimum Gasteiger partial charge on any atom is -0.397 e. The van der Waals surface area contributed by atoms with E-state index in [0.717, 1.165) is 30.6 Å². The van der Waals surface area contributed by atoms with Crippen molar-refractivity contribution < 1.29 is 9.59 Å². The monoisotopic (exact) mass is 308 g/mol. The van der Waals surface area contributed by atoms with E-state index in [9.17, 15) is 9.59 Å². The molecule has 1 aromatic heterocycles. The lowest BCUT2D eigenvalue weighted by Crippen LogP contribution is -2.45. The fourth-order valence-corrected chi connectivity index (χ4v) is 3.03. The molecule has 0 bridgehead atoms. The lowest BCUT2D eigenvalue weighted by Gasteiger charge is -2.22. The summed E-state index contributed by atoms with van der Waals surface area (Å²) in [5.74, 6) is -0.184. The van der Waals surface area contributed by atoms with E-state index >= 15 is 0 Å². The lowest BCUT2D eigenvalue weighted by molar-refractivity contribution is -0.117. The first-order chi connectivity index (χ1) is 10.1. The van der Waals surface area contributed by atoms with Crippen molar-refractivity contribution in [2.24, 2.45) is 0 Å². The zero-order chi connectivity index (χ0) is 15.1. The molecule has 1 fully saturated rings. The highest BCUT2D eigenvalue weighted by atomic mass is 32.2. The summed E-state index contributed by atoms with van der Waals surface area (Å²) in [5.41, 5.74) is 6.27. The predicted molar refractivity (Wildman–Crippen MR) is 82.9 cm³/mol. The van der Waals surface area contributed by atoms with Crippen LogP contribution in [0.25, 0.3) is 0 Å². The number of carbonyl (C=O) groups is 2. The van der Waals surface area contributed by atoms with E-state index in [0.29, 0.717) is 5.69 Å². The Labute approximate surface area is 128 Å². The summed E-state index contributed by atoms with van der Waals surface area (Å²) in [6.45, 7) is 0. The number of nitrogens with zero attached hydrogens (tertiary/aromatic N) is 1. The molecule has 6 nitrogen and oxygen atoms in total. The van der Waals surface area contributed by atoms with Gasteiger partial charge >= 0.3 is 6.03 Å². The van der Waals surface area contributed by atoms with Crippen LogP contribution in [-0.4, -0.2) is 28.7 Å². The highest BCUT2D eigenvalue weighted by Gasteiger charge is 2.17. The van der Waals surface area contributed by atoms with Gasteiger partial charge in [-0.05, 0) is 18.9 Å². The second kappa shape index (κ2) is 7.87. The minimum absolute atomic E-state index is 0.145. The third-order valence-electron chi connectivity index (χ3n) is 3.36. The van der Waals surface area contributed by atoms with Crippen LogP contribution in [0.15, 0.2) is 23.4 Å². The number of urea groups is 1. The average molecular weight is 308 g/mol. The molecule has 0 spiro atoms. The van der Waals surface area contributed by atoms with Crippen molar-refractivity contribution in [2.75, 3.05) is 11.5 Å². The summed E-state index contributed by atoms with van der Waals surface area (Å²) < 4.78 is 0. The fraction of sp³-hybridized carbons (Fsp3) is 0.500. The summed E-state index contributed by atoms with van der Waals surface area (Å²) in [4.78, 5) is 28.1. The van der Waals surface area contributed by atoms with Crippen LogP contribution in [0.2, 0.25) is 0 Å². The molecule has 114 valence electrons. The molecule has 7 heteroatoms. The van der Waals surface area contributed by atoms with Crippen LogP contribution in [-0.2, 0) is 4.79 Å². The standard InChI is InChI=1S/C14H20N4O2S/c15-11-8-16-7-6-12(11)21-9-13(19)18-14(20)17-10-4-2-1-3-5-10/h6-8,10H,1-5,9,15H2,(H2,17,18,19,20). The van der Waals surface area contributed by atoms with Gasteiger partial charge in [-0.3, -0.25) is 15.1 Å². The van der Waals surface area contributed by atoms with Gasteiger partial charge in [-0.2, -0.15) is 0 Å². The molecule has 1 aliphatic rings. The maximum absolute atomic E-state index is 11.7. The number of amides is 3. The van der Waals surface area contributed by atoms with Gasteiger partial charge in [-0.15, -0.1) is 11.8 Å².